The monoisotopic (exact) mass is 86.1 g/mol. The van der Waals surface area contributed by atoms with E-state index >= 15 is 0 Å². The van der Waals surface area contributed by atoms with Crippen molar-refractivity contribution in [1.82, 2.24) is 4.90 Å². The van der Waals surface area contributed by atoms with Gasteiger partial charge in [-0.15, -0.1) is 0 Å². The van der Waals surface area contributed by atoms with Gasteiger partial charge >= 0.3 is 0 Å². The molecule has 1 heteroatoms. The van der Waals surface area contributed by atoms with Crippen LogP contribution in [0.15, 0.2) is 0 Å². The second-order valence-electron chi connectivity index (χ2n) is 1.58. The highest BCUT2D eigenvalue weighted by Crippen LogP contribution is 1.78. The third-order valence-corrected chi connectivity index (χ3v) is 0.605. The van der Waals surface area contributed by atoms with Gasteiger partial charge in [0.15, 0.2) is 0 Å². The average molecular weight is 86.2 g/mol. The summed E-state index contributed by atoms with van der Waals surface area (Å²) in [5, 5.41) is 0. The van der Waals surface area contributed by atoms with Crippen LogP contribution in [0.25, 0.3) is 0 Å². The Morgan fingerprint density at radius 1 is 1.67 bits per heavy atom. The van der Waals surface area contributed by atoms with Crippen molar-refractivity contribution in [1.29, 1.82) is 0 Å². The molecule has 0 aliphatic heterocycles. The summed E-state index contributed by atoms with van der Waals surface area (Å²) in [7, 11) is 5.64. The van der Waals surface area contributed by atoms with Crippen LogP contribution in [0, 0.1) is 7.05 Å². The Morgan fingerprint density at radius 3 is 2.17 bits per heavy atom. The molecule has 0 aromatic heterocycles. The van der Waals surface area contributed by atoms with Crippen molar-refractivity contribution in [2.24, 2.45) is 0 Å². The molecule has 0 unspecified atom stereocenters. The predicted molar refractivity (Wildman–Crippen MR) is 28.3 cm³/mol. The van der Waals surface area contributed by atoms with Crippen molar-refractivity contribution >= 4 is 0 Å². The van der Waals surface area contributed by atoms with E-state index in [4.69, 9.17) is 0 Å². The van der Waals surface area contributed by atoms with Crippen molar-refractivity contribution in [3.8, 4) is 0 Å². The largest absolute Gasteiger partial charge is 0.462 e. The summed E-state index contributed by atoms with van der Waals surface area (Å²) in [5.41, 5.74) is 0. The van der Waals surface area contributed by atoms with Gasteiger partial charge in [0.25, 0.3) is 0 Å². The minimum atomic E-state index is 1.10. The van der Waals surface area contributed by atoms with Crippen LogP contribution in [-0.2, 0) is 0 Å². The summed E-state index contributed by atoms with van der Waals surface area (Å²) < 4.78 is 0. The van der Waals surface area contributed by atoms with Gasteiger partial charge in [-0.3, -0.25) is 7.05 Å². The molecule has 0 aromatic carbocycles. The van der Waals surface area contributed by atoms with E-state index < -0.39 is 0 Å². The summed E-state index contributed by atoms with van der Waals surface area (Å²) in [6.45, 7) is 3.24. The van der Waals surface area contributed by atoms with Crippen LogP contribution in [0.3, 0.4) is 0 Å². The first-order valence-electron chi connectivity index (χ1n) is 2.29. The molecular formula is C5H12N-. The molecule has 0 saturated heterocycles. The summed E-state index contributed by atoms with van der Waals surface area (Å²) in [4.78, 5) is 1.93. The molecule has 0 amide bonds. The van der Waals surface area contributed by atoms with Crippen LogP contribution in [-0.4, -0.2) is 18.5 Å². The van der Waals surface area contributed by atoms with Crippen LogP contribution in [0.4, 0.5) is 0 Å². The molecule has 1 nitrogen and oxygen atoms in total. The first-order valence-corrected chi connectivity index (χ1v) is 2.29. The van der Waals surface area contributed by atoms with Gasteiger partial charge in [0.1, 0.15) is 0 Å². The van der Waals surface area contributed by atoms with E-state index in [9.17, 15) is 0 Å². The molecule has 0 saturated carbocycles. The van der Waals surface area contributed by atoms with Crippen molar-refractivity contribution < 1.29 is 0 Å². The van der Waals surface area contributed by atoms with Crippen LogP contribution in [0.5, 0.6) is 0 Å². The summed E-state index contributed by atoms with van der Waals surface area (Å²) in [6.07, 6.45) is 1.19. The van der Waals surface area contributed by atoms with Gasteiger partial charge in [-0.05, 0) is 20.0 Å². The maximum absolute atomic E-state index is 3.66. The van der Waals surface area contributed by atoms with Gasteiger partial charge in [-0.1, -0.05) is 6.92 Å². The number of hydrogen-bond donors (Lipinski definition) is 0. The quantitative estimate of drug-likeness (QED) is 0.455. The van der Waals surface area contributed by atoms with Gasteiger partial charge in [-0.2, -0.15) is 0 Å². The molecule has 0 N–H and O–H groups in total. The second kappa shape index (κ2) is 3.16. The standard InChI is InChI=1S/C5H12N/c1-4-5-6(2)3/h2,4-5H2,1,3H3/q-1. The highest BCUT2D eigenvalue weighted by Gasteiger charge is 1.72. The Balaban J connectivity index is 2.63. The molecular weight excluding hydrogens is 74.1 g/mol. The Labute approximate surface area is 40.0 Å². The van der Waals surface area contributed by atoms with Crippen LogP contribution in [0.2, 0.25) is 0 Å². The summed E-state index contributed by atoms with van der Waals surface area (Å²) in [6, 6.07) is 0. The van der Waals surface area contributed by atoms with E-state index in [1.807, 2.05) is 11.9 Å². The lowest BCUT2D eigenvalue weighted by Gasteiger charge is -2.14. The predicted octanol–water partition coefficient (Wildman–Crippen LogP) is 1.12. The first-order chi connectivity index (χ1) is 2.77. The third-order valence-electron chi connectivity index (χ3n) is 0.605. The first kappa shape index (κ1) is 5.96. The highest BCUT2D eigenvalue weighted by molar-refractivity contribution is 4.40. The maximum Gasteiger partial charge on any atom is -0.0309 e. The Hall–Kier alpha value is -0.0400. The SMILES string of the molecule is [CH2-]N(C)CCC. The number of hydrogen-bond acceptors (Lipinski definition) is 1. The molecule has 0 aromatic rings. The zero-order valence-corrected chi connectivity index (χ0v) is 4.57. The van der Waals surface area contributed by atoms with Gasteiger partial charge in [0, 0.05) is 0 Å². The van der Waals surface area contributed by atoms with E-state index in [1.54, 1.807) is 0 Å². The smallest absolute Gasteiger partial charge is 0.0309 e. The molecule has 0 atom stereocenters. The minimum absolute atomic E-state index is 1.10. The van der Waals surface area contributed by atoms with Crippen molar-refractivity contribution in [3.05, 3.63) is 7.05 Å². The number of rotatable bonds is 2. The van der Waals surface area contributed by atoms with Crippen molar-refractivity contribution in [3.63, 3.8) is 0 Å². The maximum atomic E-state index is 3.66. The topological polar surface area (TPSA) is 3.24 Å². The lowest BCUT2D eigenvalue weighted by atomic mass is 10.5. The van der Waals surface area contributed by atoms with Gasteiger partial charge < -0.3 is 4.90 Å². The van der Waals surface area contributed by atoms with Crippen LogP contribution in [0.1, 0.15) is 13.3 Å². The molecule has 0 radical (unpaired) electrons. The normalized spacial score (nSPS) is 10.0. The average Bonchev–Trinajstić information content (AvgIpc) is 1.35. The molecule has 0 spiro atoms. The highest BCUT2D eigenvalue weighted by atomic mass is 15.0. The molecule has 0 rings (SSSR count). The molecule has 0 fully saturated rings. The van der Waals surface area contributed by atoms with Crippen molar-refractivity contribution in [2.75, 3.05) is 13.6 Å². The van der Waals surface area contributed by atoms with Crippen LogP contribution >= 0.6 is 0 Å². The van der Waals surface area contributed by atoms with E-state index in [1.165, 1.54) is 6.42 Å². The molecule has 0 aliphatic carbocycles. The fraction of sp³-hybridized carbons (Fsp3) is 0.800. The molecule has 0 heterocycles. The Bertz CT molecular complexity index is 25.1. The molecule has 6 heavy (non-hydrogen) atoms. The summed E-state index contributed by atoms with van der Waals surface area (Å²) in [5.74, 6) is 0. The van der Waals surface area contributed by atoms with E-state index in [0.717, 1.165) is 6.54 Å². The lowest BCUT2D eigenvalue weighted by molar-refractivity contribution is 0.449. The van der Waals surface area contributed by atoms with Gasteiger partial charge in [-0.25, -0.2) is 0 Å². The minimum Gasteiger partial charge on any atom is -0.462 e. The zero-order chi connectivity index (χ0) is 4.99. The fourth-order valence-electron chi connectivity index (χ4n) is 0.382. The lowest BCUT2D eigenvalue weighted by Crippen LogP contribution is -2.08. The van der Waals surface area contributed by atoms with E-state index in [0.29, 0.717) is 0 Å². The van der Waals surface area contributed by atoms with Crippen LogP contribution < -0.4 is 0 Å². The number of nitrogens with zero attached hydrogens (tertiary/aromatic N) is 1. The zero-order valence-electron chi connectivity index (χ0n) is 4.57. The second-order valence-corrected chi connectivity index (χ2v) is 1.58. The molecule has 0 bridgehead atoms. The van der Waals surface area contributed by atoms with E-state index in [2.05, 4.69) is 14.0 Å². The molecule has 0 aliphatic rings. The third kappa shape index (κ3) is 3.96. The van der Waals surface area contributed by atoms with E-state index in [-0.39, 0.29) is 0 Å². The summed E-state index contributed by atoms with van der Waals surface area (Å²) >= 11 is 0. The van der Waals surface area contributed by atoms with Gasteiger partial charge in [0.2, 0.25) is 0 Å². The van der Waals surface area contributed by atoms with Crippen molar-refractivity contribution in [2.45, 2.75) is 13.3 Å². The molecule has 38 valence electrons. The fourth-order valence-corrected chi connectivity index (χ4v) is 0.382. The Kier molecular flexibility index (Phi) is 3.14. The Morgan fingerprint density at radius 2 is 2.17 bits per heavy atom. The van der Waals surface area contributed by atoms with Gasteiger partial charge in [0.05, 0.1) is 0 Å².